The van der Waals surface area contributed by atoms with E-state index in [-0.39, 0.29) is 11.2 Å². The Kier molecular flexibility index (Phi) is 3.19. The molecule has 98 valence electrons. The summed E-state index contributed by atoms with van der Waals surface area (Å²) in [7, 11) is 13.1. The molecule has 2 heterocycles. The summed E-state index contributed by atoms with van der Waals surface area (Å²) in [5, 5.41) is -1.04. The van der Waals surface area contributed by atoms with Crippen LogP contribution in [-0.2, 0) is 17.5 Å². The molecule has 0 aliphatic carbocycles. The fourth-order valence-electron chi connectivity index (χ4n) is 2.41. The van der Waals surface area contributed by atoms with Crippen LogP contribution in [0.1, 0.15) is 0 Å². The maximum atomic E-state index is 12.8. The Morgan fingerprint density at radius 3 is 1.95 bits per heavy atom. The third-order valence-corrected chi connectivity index (χ3v) is 3.26. The number of hydrogen-bond donors (Lipinski definition) is 0. The fourth-order valence-corrected chi connectivity index (χ4v) is 2.41. The van der Waals surface area contributed by atoms with Gasteiger partial charge in [0.05, 0.1) is 6.33 Å². The van der Waals surface area contributed by atoms with Crippen molar-refractivity contribution in [3.05, 3.63) is 27.2 Å². The molecule has 0 fully saturated rings. The first kappa shape index (κ1) is 14.9. The Bertz CT molecular complexity index is 793. The molecule has 2 rings (SSSR count). The molecule has 12 heteroatoms. The highest BCUT2D eigenvalue weighted by Gasteiger charge is 2.28. The molecule has 0 aromatic carbocycles. The summed E-state index contributed by atoms with van der Waals surface area (Å²) in [5.41, 5.74) is 0.282. The lowest BCUT2D eigenvalue weighted by Crippen LogP contribution is -2.57. The van der Waals surface area contributed by atoms with Crippen molar-refractivity contribution in [3.8, 4) is 0 Å². The molecule has 0 unspecified atom stereocenters. The average Bonchev–Trinajstić information content (AvgIpc) is 2.56. The summed E-state index contributed by atoms with van der Waals surface area (Å²) in [5.74, 6) is 0. The lowest BCUT2D eigenvalue weighted by molar-refractivity contribution is 0.612. The van der Waals surface area contributed by atoms with E-state index in [1.165, 1.54) is 4.57 Å². The van der Waals surface area contributed by atoms with Crippen LogP contribution in [0.25, 0.3) is 11.2 Å². The van der Waals surface area contributed by atoms with Crippen molar-refractivity contribution in [3.63, 3.8) is 0 Å². The maximum absolute atomic E-state index is 12.8. The summed E-state index contributed by atoms with van der Waals surface area (Å²) in [6.07, 6.45) is 1.57. The molecular weight excluding hydrogens is 249 g/mol. The fraction of sp³-hybridized carbons (Fsp3) is 0.375. The topological polar surface area (TPSA) is 61.8 Å². The molecule has 0 atom stereocenters. The number of nitrogens with zero attached hydrogens (tertiary/aromatic N) is 4. The summed E-state index contributed by atoms with van der Waals surface area (Å²) >= 11 is 0. The molecule has 0 amide bonds. The van der Waals surface area contributed by atoms with E-state index in [1.807, 2.05) is 47.1 Å². The lowest BCUT2D eigenvalue weighted by Gasteiger charge is -2.28. The Labute approximate surface area is 122 Å². The van der Waals surface area contributed by atoms with Crippen LogP contribution in [0.15, 0.2) is 15.9 Å². The standard InChI is InChI=1S/C8H16B6N4O2/c1-16-2-15-4-3(16)5(19)18(8(12,13)14)6(20)17(4)7(9,10)11/h2H,9-14H2,1H3. The van der Waals surface area contributed by atoms with Crippen molar-refractivity contribution in [2.45, 2.75) is 10.5 Å². The smallest absolute Gasteiger partial charge is 0.328 e. The molecule has 0 spiro atoms. The van der Waals surface area contributed by atoms with E-state index >= 15 is 0 Å². The van der Waals surface area contributed by atoms with Crippen molar-refractivity contribution in [1.29, 1.82) is 0 Å². The number of fused-ring (bicyclic) bond motifs is 1. The van der Waals surface area contributed by atoms with Gasteiger partial charge in [-0.25, -0.2) is 9.78 Å². The zero-order valence-electron chi connectivity index (χ0n) is 13.2. The number of hydrogen-bond acceptors (Lipinski definition) is 3. The molecule has 0 aliphatic heterocycles. The van der Waals surface area contributed by atoms with Crippen molar-refractivity contribution in [1.82, 2.24) is 18.7 Å². The third-order valence-electron chi connectivity index (χ3n) is 3.26. The van der Waals surface area contributed by atoms with Crippen molar-refractivity contribution >= 4 is 58.2 Å². The van der Waals surface area contributed by atoms with Crippen molar-refractivity contribution < 1.29 is 0 Å². The molecular formula is C8H16B6N4O2. The van der Waals surface area contributed by atoms with Crippen LogP contribution in [0.5, 0.6) is 0 Å². The van der Waals surface area contributed by atoms with E-state index in [0.29, 0.717) is 11.2 Å². The van der Waals surface area contributed by atoms with Gasteiger partial charge in [-0.3, -0.25) is 13.9 Å². The van der Waals surface area contributed by atoms with Gasteiger partial charge in [0.25, 0.3) is 5.56 Å². The van der Waals surface area contributed by atoms with Crippen LogP contribution in [-0.4, -0.2) is 65.8 Å². The van der Waals surface area contributed by atoms with Crippen LogP contribution in [0.3, 0.4) is 0 Å². The molecule has 2 aromatic rings. The maximum Gasteiger partial charge on any atom is 0.329 e. The van der Waals surface area contributed by atoms with E-state index in [4.69, 9.17) is 0 Å². The first-order valence-corrected chi connectivity index (χ1v) is 6.66. The Morgan fingerprint density at radius 1 is 1.00 bits per heavy atom. The molecule has 6 nitrogen and oxygen atoms in total. The molecule has 0 aliphatic rings. The van der Waals surface area contributed by atoms with Crippen LogP contribution in [0.4, 0.5) is 0 Å². The van der Waals surface area contributed by atoms with Crippen LogP contribution >= 0.6 is 0 Å². The van der Waals surface area contributed by atoms with E-state index < -0.39 is 10.5 Å². The van der Waals surface area contributed by atoms with Crippen molar-refractivity contribution in [2.75, 3.05) is 0 Å². The van der Waals surface area contributed by atoms with E-state index in [2.05, 4.69) is 4.98 Å². The van der Waals surface area contributed by atoms with Gasteiger partial charge in [-0.05, 0) is 10.5 Å². The quantitative estimate of drug-likeness (QED) is 0.507. The van der Waals surface area contributed by atoms with Gasteiger partial charge in [0.2, 0.25) is 0 Å². The minimum Gasteiger partial charge on any atom is -0.328 e. The zero-order valence-corrected chi connectivity index (χ0v) is 13.2. The zero-order chi connectivity index (χ0) is 15.5. The predicted octanol–water partition coefficient (Wildman–Crippen LogP) is -7.17. The van der Waals surface area contributed by atoms with Crippen LogP contribution in [0, 0.1) is 0 Å². The van der Waals surface area contributed by atoms with Crippen molar-refractivity contribution in [2.24, 2.45) is 7.05 Å². The van der Waals surface area contributed by atoms with Gasteiger partial charge in [0.1, 0.15) is 47.1 Å². The first-order chi connectivity index (χ1) is 8.96. The normalized spacial score (nSPS) is 12.8. The molecule has 0 saturated heterocycles. The highest BCUT2D eigenvalue weighted by atomic mass is 16.2. The minimum atomic E-state index is -0.584. The van der Waals surface area contributed by atoms with E-state index in [9.17, 15) is 9.59 Å². The van der Waals surface area contributed by atoms with Gasteiger partial charge in [-0.1, -0.05) is 0 Å². The van der Waals surface area contributed by atoms with Crippen LogP contribution in [0.2, 0.25) is 0 Å². The van der Waals surface area contributed by atoms with Gasteiger partial charge in [-0.15, -0.1) is 0 Å². The summed E-state index contributed by atoms with van der Waals surface area (Å²) in [6.45, 7) is 0. The van der Waals surface area contributed by atoms with E-state index in [1.54, 1.807) is 22.5 Å². The van der Waals surface area contributed by atoms with Gasteiger partial charge in [0.15, 0.2) is 11.2 Å². The Balaban J connectivity index is 3.16. The Morgan fingerprint density at radius 2 is 1.50 bits per heavy atom. The highest BCUT2D eigenvalue weighted by molar-refractivity contribution is 6.57. The van der Waals surface area contributed by atoms with Gasteiger partial charge in [-0.2, -0.15) is 0 Å². The monoisotopic (exact) mass is 266 g/mol. The highest BCUT2D eigenvalue weighted by Crippen LogP contribution is 2.11. The van der Waals surface area contributed by atoms with Gasteiger partial charge in [0, 0.05) is 7.05 Å². The lowest BCUT2D eigenvalue weighted by atomic mass is 9.48. The van der Waals surface area contributed by atoms with Gasteiger partial charge >= 0.3 is 5.69 Å². The van der Waals surface area contributed by atoms with Gasteiger partial charge < -0.3 is 4.57 Å². The second-order valence-corrected chi connectivity index (χ2v) is 7.13. The second kappa shape index (κ2) is 4.27. The molecule has 0 N–H and O–H groups in total. The largest absolute Gasteiger partial charge is 0.329 e. The first-order valence-electron chi connectivity index (χ1n) is 6.66. The average molecular weight is 265 g/mol. The van der Waals surface area contributed by atoms with E-state index in [0.717, 1.165) is 0 Å². The molecule has 2 aromatic heterocycles. The third kappa shape index (κ3) is 2.11. The number of imidazole rings is 1. The van der Waals surface area contributed by atoms with Crippen LogP contribution < -0.4 is 11.2 Å². The second-order valence-electron chi connectivity index (χ2n) is 7.13. The molecule has 20 heavy (non-hydrogen) atoms. The predicted molar refractivity (Wildman–Crippen MR) is 96.4 cm³/mol. The minimum absolute atomic E-state index is 0.294. The Hall–Kier alpha value is -1.46. The molecule has 0 radical (unpaired) electrons. The molecule has 0 bridgehead atoms. The number of aryl methyl sites for hydroxylation is 1. The summed E-state index contributed by atoms with van der Waals surface area (Å²) < 4.78 is 4.57. The summed E-state index contributed by atoms with van der Waals surface area (Å²) in [4.78, 5) is 29.7. The summed E-state index contributed by atoms with van der Waals surface area (Å²) in [6, 6.07) is 0. The SMILES string of the molecule is BC(B)(B)n1c(=O)c2c(ncn2C)n(C(B)(B)B)c1=O. The number of rotatable bonds is 2. The number of aromatic nitrogens is 4. The molecule has 0 saturated carbocycles.